The van der Waals surface area contributed by atoms with Crippen molar-refractivity contribution in [3.63, 3.8) is 0 Å². The van der Waals surface area contributed by atoms with Gasteiger partial charge in [-0.3, -0.25) is 4.79 Å². The largest absolute Gasteiger partial charge is 0.490 e. The van der Waals surface area contributed by atoms with E-state index in [-0.39, 0.29) is 23.4 Å². The summed E-state index contributed by atoms with van der Waals surface area (Å²) in [4.78, 5) is 40.8. The minimum absolute atomic E-state index is 0.0549. The molecule has 1 aromatic heterocycles. The molecule has 2 N–H and O–H groups in total. The van der Waals surface area contributed by atoms with Crippen molar-refractivity contribution >= 4 is 35.1 Å². The summed E-state index contributed by atoms with van der Waals surface area (Å²) in [7, 11) is 2.12. The van der Waals surface area contributed by atoms with E-state index in [1.165, 1.54) is 18.3 Å². The number of carbonyl (C=O) groups excluding carboxylic acids is 1. The maximum atomic E-state index is 14.8. The molecule has 0 bridgehead atoms. The van der Waals surface area contributed by atoms with Gasteiger partial charge in [0.15, 0.2) is 11.6 Å². The Morgan fingerprint density at radius 2 is 1.84 bits per heavy atom. The van der Waals surface area contributed by atoms with Gasteiger partial charge in [-0.25, -0.2) is 19.1 Å². The Bertz CT molecular complexity index is 1400. The van der Waals surface area contributed by atoms with E-state index in [0.29, 0.717) is 43.9 Å². The van der Waals surface area contributed by atoms with Crippen LogP contribution in [0.15, 0.2) is 54.7 Å². The molecular weight excluding hydrogens is 565 g/mol. The number of anilines is 4. The van der Waals surface area contributed by atoms with Crippen LogP contribution in [0.25, 0.3) is 0 Å². The highest BCUT2D eigenvalue weighted by molar-refractivity contribution is 5.93. The third-order valence-electron chi connectivity index (χ3n) is 7.63. The van der Waals surface area contributed by atoms with Gasteiger partial charge in [0.05, 0.1) is 12.3 Å². The van der Waals surface area contributed by atoms with Crippen LogP contribution >= 0.6 is 0 Å². The van der Waals surface area contributed by atoms with Crippen molar-refractivity contribution < 1.29 is 23.8 Å². The molecule has 44 heavy (non-hydrogen) atoms. The fourth-order valence-electron chi connectivity index (χ4n) is 5.08. The van der Waals surface area contributed by atoms with Crippen LogP contribution in [-0.4, -0.2) is 101 Å². The number of piperazine rings is 1. The number of hydrogen-bond donors (Lipinski definition) is 2. The fraction of sp³-hybridized carbons (Fsp3) is 0.438. The molecular formula is C32H42FN7O4. The van der Waals surface area contributed by atoms with Gasteiger partial charge in [0.2, 0.25) is 11.9 Å². The lowest BCUT2D eigenvalue weighted by Gasteiger charge is -2.32. The number of halogens is 1. The normalized spacial score (nSPS) is 13.8. The van der Waals surface area contributed by atoms with Crippen LogP contribution in [0.3, 0.4) is 0 Å². The van der Waals surface area contributed by atoms with Crippen molar-refractivity contribution in [3.05, 3.63) is 66.1 Å². The molecule has 0 saturated carbocycles. The Morgan fingerprint density at radius 3 is 2.55 bits per heavy atom. The lowest BCUT2D eigenvalue weighted by molar-refractivity contribution is -0.130. The quantitative estimate of drug-likeness (QED) is 0.245. The van der Waals surface area contributed by atoms with Crippen molar-refractivity contribution in [2.75, 3.05) is 69.7 Å². The van der Waals surface area contributed by atoms with Crippen molar-refractivity contribution in [1.29, 1.82) is 0 Å². The number of carboxylic acid groups (broad SMARTS) is 1. The third kappa shape index (κ3) is 9.10. The number of rotatable bonds is 14. The summed E-state index contributed by atoms with van der Waals surface area (Å²) in [5, 5.41) is 13.0. The van der Waals surface area contributed by atoms with Crippen molar-refractivity contribution in [3.8, 4) is 5.75 Å². The molecule has 2 aromatic carbocycles. The first-order chi connectivity index (χ1) is 21.3. The van der Waals surface area contributed by atoms with Gasteiger partial charge in [0.25, 0.3) is 0 Å². The average Bonchev–Trinajstić information content (AvgIpc) is 3.01. The van der Waals surface area contributed by atoms with Gasteiger partial charge in [-0.15, -0.1) is 0 Å². The van der Waals surface area contributed by atoms with Crippen molar-refractivity contribution in [2.45, 2.75) is 33.1 Å². The van der Waals surface area contributed by atoms with Gasteiger partial charge < -0.3 is 29.9 Å². The zero-order valence-corrected chi connectivity index (χ0v) is 25.7. The summed E-state index contributed by atoms with van der Waals surface area (Å²) in [6.07, 6.45) is 1.82. The van der Waals surface area contributed by atoms with Gasteiger partial charge in [0.1, 0.15) is 5.82 Å². The first kappa shape index (κ1) is 32.6. The maximum absolute atomic E-state index is 14.8. The van der Waals surface area contributed by atoms with Crippen LogP contribution in [-0.2, 0) is 11.2 Å². The predicted octanol–water partition coefficient (Wildman–Crippen LogP) is 4.99. The molecule has 236 valence electrons. The zero-order valence-electron chi connectivity index (χ0n) is 25.7. The lowest BCUT2D eigenvalue weighted by atomic mass is 10.1. The Morgan fingerprint density at radius 1 is 1.07 bits per heavy atom. The van der Waals surface area contributed by atoms with Crippen molar-refractivity contribution in [2.24, 2.45) is 0 Å². The Labute approximate surface area is 258 Å². The van der Waals surface area contributed by atoms with Crippen LogP contribution in [0.1, 0.15) is 32.3 Å². The highest BCUT2D eigenvalue weighted by Gasteiger charge is 2.20. The fourth-order valence-corrected chi connectivity index (χ4v) is 5.08. The van der Waals surface area contributed by atoms with E-state index in [1.54, 1.807) is 35.2 Å². The number of ether oxygens (including phenoxy) is 1. The SMILES string of the molecule is CCN(CC)C(=O)CCc1cccc(N(C(=O)O)c2ccnc(Nc3ccc(OCCCN4CCN(C)CC4)c(F)c3)n2)c1. The molecule has 0 unspecified atom stereocenters. The zero-order chi connectivity index (χ0) is 31.5. The van der Waals surface area contributed by atoms with Gasteiger partial charge in [0, 0.05) is 76.3 Å². The van der Waals surface area contributed by atoms with Gasteiger partial charge in [-0.1, -0.05) is 12.1 Å². The number of aryl methyl sites for hydroxylation is 1. The van der Waals surface area contributed by atoms with E-state index in [1.807, 2.05) is 19.9 Å². The smallest absolute Gasteiger partial charge is 0.417 e. The number of amides is 2. The van der Waals surface area contributed by atoms with Crippen LogP contribution in [0.4, 0.5) is 32.3 Å². The number of carbonyl (C=O) groups is 2. The number of aromatic nitrogens is 2. The van der Waals surface area contributed by atoms with E-state index < -0.39 is 11.9 Å². The molecule has 11 nitrogen and oxygen atoms in total. The molecule has 1 fully saturated rings. The first-order valence-corrected chi connectivity index (χ1v) is 15.1. The summed E-state index contributed by atoms with van der Waals surface area (Å²) in [5.41, 5.74) is 1.61. The van der Waals surface area contributed by atoms with E-state index in [9.17, 15) is 19.1 Å². The topological polar surface area (TPSA) is 114 Å². The highest BCUT2D eigenvalue weighted by Crippen LogP contribution is 2.28. The minimum atomic E-state index is -1.23. The summed E-state index contributed by atoms with van der Waals surface area (Å²) in [6, 6.07) is 13.0. The molecule has 4 rings (SSSR count). The standard InChI is InChI=1S/C32H42FN7O4/c1-4-39(5-2)30(41)13-10-24-8-6-9-26(22-24)40(32(42)43)29-14-15-34-31(36-29)35-25-11-12-28(27(33)23-25)44-21-7-16-38-19-17-37(3)18-20-38/h6,8-9,11-12,14-15,22-23H,4-5,7,10,13,16-21H2,1-3H3,(H,42,43)(H,34,35,36). The molecule has 2 amide bonds. The van der Waals surface area contributed by atoms with Gasteiger partial charge in [-0.2, -0.15) is 4.98 Å². The van der Waals surface area contributed by atoms with Crippen LogP contribution in [0.2, 0.25) is 0 Å². The molecule has 0 spiro atoms. The molecule has 3 aromatic rings. The Kier molecular flexibility index (Phi) is 11.8. The second kappa shape index (κ2) is 16.0. The second-order valence-electron chi connectivity index (χ2n) is 10.7. The predicted molar refractivity (Wildman–Crippen MR) is 169 cm³/mol. The van der Waals surface area contributed by atoms with Crippen LogP contribution in [0.5, 0.6) is 5.75 Å². The number of nitrogens with zero attached hydrogens (tertiary/aromatic N) is 6. The molecule has 0 atom stereocenters. The molecule has 1 aliphatic heterocycles. The number of nitrogens with one attached hydrogen (secondary N) is 1. The molecule has 0 aliphatic carbocycles. The summed E-state index contributed by atoms with van der Waals surface area (Å²) < 4.78 is 20.5. The Hall–Kier alpha value is -4.29. The molecule has 0 radical (unpaired) electrons. The van der Waals surface area contributed by atoms with E-state index in [0.717, 1.165) is 49.6 Å². The van der Waals surface area contributed by atoms with Crippen LogP contribution < -0.4 is 15.0 Å². The third-order valence-corrected chi connectivity index (χ3v) is 7.63. The summed E-state index contributed by atoms with van der Waals surface area (Å²) >= 11 is 0. The summed E-state index contributed by atoms with van der Waals surface area (Å²) in [5.74, 6) is -0.0742. The average molecular weight is 608 g/mol. The minimum Gasteiger partial charge on any atom is -0.490 e. The van der Waals surface area contributed by atoms with Crippen molar-refractivity contribution in [1.82, 2.24) is 24.7 Å². The number of benzene rings is 2. The van der Waals surface area contributed by atoms with Gasteiger partial charge >= 0.3 is 6.09 Å². The molecule has 2 heterocycles. The molecule has 12 heteroatoms. The van der Waals surface area contributed by atoms with E-state index in [4.69, 9.17) is 4.74 Å². The lowest BCUT2D eigenvalue weighted by Crippen LogP contribution is -2.44. The molecule has 1 aliphatic rings. The second-order valence-corrected chi connectivity index (χ2v) is 10.7. The number of likely N-dealkylation sites (N-methyl/N-ethyl adjacent to an activating group) is 1. The summed E-state index contributed by atoms with van der Waals surface area (Å²) in [6.45, 7) is 10.7. The van der Waals surface area contributed by atoms with E-state index in [2.05, 4.69) is 32.1 Å². The van der Waals surface area contributed by atoms with Crippen LogP contribution in [0, 0.1) is 5.82 Å². The Balaban J connectivity index is 1.37. The van der Waals surface area contributed by atoms with E-state index >= 15 is 0 Å². The highest BCUT2D eigenvalue weighted by atomic mass is 19.1. The first-order valence-electron chi connectivity index (χ1n) is 15.1. The monoisotopic (exact) mass is 607 g/mol. The maximum Gasteiger partial charge on any atom is 0.417 e. The number of hydrogen-bond acceptors (Lipinski definition) is 8. The molecule has 1 saturated heterocycles. The van der Waals surface area contributed by atoms with Gasteiger partial charge in [-0.05, 0) is 63.6 Å².